The molecule has 1 fully saturated rings. The Balaban J connectivity index is 1.75. The second kappa shape index (κ2) is 9.35. The van der Waals surface area contributed by atoms with Gasteiger partial charge in [0, 0.05) is 5.56 Å². The summed E-state index contributed by atoms with van der Waals surface area (Å²) in [7, 11) is 1.38. The Kier molecular flexibility index (Phi) is 6.63. The van der Waals surface area contributed by atoms with Gasteiger partial charge in [0.25, 0.3) is 0 Å². The molecule has 1 heterocycles. The van der Waals surface area contributed by atoms with Crippen molar-refractivity contribution in [3.8, 4) is 5.75 Å². The Morgan fingerprint density at radius 2 is 1.93 bits per heavy atom. The van der Waals surface area contributed by atoms with Crippen LogP contribution in [-0.2, 0) is 25.6 Å². The maximum absolute atomic E-state index is 12.0. The Bertz CT molecular complexity index is 806. The molecule has 1 aliphatic heterocycles. The van der Waals surface area contributed by atoms with Crippen molar-refractivity contribution in [2.75, 3.05) is 20.3 Å². The van der Waals surface area contributed by atoms with Gasteiger partial charge in [0.2, 0.25) is 0 Å². The van der Waals surface area contributed by atoms with Crippen LogP contribution in [-0.4, -0.2) is 26.3 Å². The van der Waals surface area contributed by atoms with Gasteiger partial charge in [-0.15, -0.1) is 0 Å². The van der Waals surface area contributed by atoms with Gasteiger partial charge in [0.15, 0.2) is 6.29 Å². The largest absolute Gasteiger partial charge is 0.489 e. The standard InChI is InChI=1S/C22H24O5/c1-3-19(21(23)24-2)20-11-5-4-8-17(20)15-27-18-10-6-9-16(14-18)22-25-12-7-13-26-22/h3-6,8-11,14,22H,7,12-13,15H2,1-2H3. The predicted octanol–water partition coefficient (Wildman–Crippen LogP) is 4.28. The number of ether oxygens (including phenoxy) is 4. The molecule has 1 saturated heterocycles. The third kappa shape index (κ3) is 4.76. The van der Waals surface area contributed by atoms with Gasteiger partial charge >= 0.3 is 5.97 Å². The van der Waals surface area contributed by atoms with E-state index in [1.165, 1.54) is 7.11 Å². The number of allylic oxidation sites excluding steroid dienone is 1. The van der Waals surface area contributed by atoms with Crippen molar-refractivity contribution in [3.63, 3.8) is 0 Å². The molecule has 0 N–H and O–H groups in total. The first-order valence-corrected chi connectivity index (χ1v) is 9.02. The lowest BCUT2D eigenvalue weighted by Gasteiger charge is -2.23. The summed E-state index contributed by atoms with van der Waals surface area (Å²) in [6.45, 7) is 3.55. The van der Waals surface area contributed by atoms with Crippen LogP contribution in [0.5, 0.6) is 5.75 Å². The average Bonchev–Trinajstić information content (AvgIpc) is 2.74. The highest BCUT2D eigenvalue weighted by Gasteiger charge is 2.18. The van der Waals surface area contributed by atoms with Crippen molar-refractivity contribution in [1.29, 1.82) is 0 Å². The third-order valence-corrected chi connectivity index (χ3v) is 4.35. The summed E-state index contributed by atoms with van der Waals surface area (Å²) in [4.78, 5) is 12.0. The average molecular weight is 368 g/mol. The third-order valence-electron chi connectivity index (χ3n) is 4.35. The minimum Gasteiger partial charge on any atom is -0.489 e. The van der Waals surface area contributed by atoms with E-state index in [0.717, 1.165) is 28.9 Å². The zero-order chi connectivity index (χ0) is 19.1. The van der Waals surface area contributed by atoms with Gasteiger partial charge in [-0.1, -0.05) is 42.5 Å². The molecule has 0 radical (unpaired) electrons. The molecule has 0 bridgehead atoms. The highest BCUT2D eigenvalue weighted by atomic mass is 16.7. The summed E-state index contributed by atoms with van der Waals surface area (Å²) in [5.74, 6) is 0.360. The molecule has 0 atom stereocenters. The Labute approximate surface area is 159 Å². The molecule has 0 unspecified atom stereocenters. The van der Waals surface area contributed by atoms with Gasteiger partial charge in [0.1, 0.15) is 12.4 Å². The van der Waals surface area contributed by atoms with Crippen LogP contribution in [0.15, 0.2) is 54.6 Å². The molecule has 27 heavy (non-hydrogen) atoms. The molecular formula is C22H24O5. The van der Waals surface area contributed by atoms with E-state index in [2.05, 4.69) is 0 Å². The van der Waals surface area contributed by atoms with E-state index in [9.17, 15) is 4.79 Å². The first kappa shape index (κ1) is 19.1. The molecule has 0 aromatic heterocycles. The second-order valence-electron chi connectivity index (χ2n) is 6.14. The molecule has 5 heteroatoms. The molecule has 0 aliphatic carbocycles. The maximum Gasteiger partial charge on any atom is 0.338 e. The van der Waals surface area contributed by atoms with E-state index >= 15 is 0 Å². The van der Waals surface area contributed by atoms with Gasteiger partial charge < -0.3 is 18.9 Å². The normalized spacial score (nSPS) is 15.4. The minimum atomic E-state index is -0.362. The first-order chi connectivity index (χ1) is 13.2. The lowest BCUT2D eigenvalue weighted by Crippen LogP contribution is -2.17. The van der Waals surface area contributed by atoms with E-state index < -0.39 is 0 Å². The van der Waals surface area contributed by atoms with Crippen LogP contribution in [0.25, 0.3) is 5.57 Å². The van der Waals surface area contributed by atoms with Gasteiger partial charge in [-0.05, 0) is 36.6 Å². The Hall–Kier alpha value is -2.63. The van der Waals surface area contributed by atoms with Crippen LogP contribution in [0.1, 0.15) is 36.3 Å². The van der Waals surface area contributed by atoms with Crippen LogP contribution < -0.4 is 4.74 Å². The summed E-state index contributed by atoms with van der Waals surface area (Å²) in [6.07, 6.45) is 2.32. The lowest BCUT2D eigenvalue weighted by molar-refractivity contribution is -0.183. The zero-order valence-corrected chi connectivity index (χ0v) is 15.6. The number of esters is 1. The fourth-order valence-corrected chi connectivity index (χ4v) is 2.99. The van der Waals surface area contributed by atoms with Crippen molar-refractivity contribution in [1.82, 2.24) is 0 Å². The highest BCUT2D eigenvalue weighted by Crippen LogP contribution is 2.27. The lowest BCUT2D eigenvalue weighted by atomic mass is 10.00. The summed E-state index contributed by atoms with van der Waals surface area (Å²) < 4.78 is 22.2. The second-order valence-corrected chi connectivity index (χ2v) is 6.14. The van der Waals surface area contributed by atoms with E-state index in [-0.39, 0.29) is 12.3 Å². The molecule has 0 saturated carbocycles. The quantitative estimate of drug-likeness (QED) is 0.563. The minimum absolute atomic E-state index is 0.334. The van der Waals surface area contributed by atoms with Gasteiger partial charge in [-0.2, -0.15) is 0 Å². The topological polar surface area (TPSA) is 54.0 Å². The predicted molar refractivity (Wildman–Crippen MR) is 102 cm³/mol. The summed E-state index contributed by atoms with van der Waals surface area (Å²) in [5, 5.41) is 0. The molecule has 3 rings (SSSR count). The van der Waals surface area contributed by atoms with Crippen LogP contribution in [0, 0.1) is 0 Å². The smallest absolute Gasteiger partial charge is 0.338 e. The van der Waals surface area contributed by atoms with Crippen molar-refractivity contribution in [2.24, 2.45) is 0 Å². The molecule has 5 nitrogen and oxygen atoms in total. The number of carbonyl (C=O) groups excluding carboxylic acids is 1. The fourth-order valence-electron chi connectivity index (χ4n) is 2.99. The number of rotatable bonds is 6. The molecule has 2 aromatic carbocycles. The molecule has 2 aromatic rings. The zero-order valence-electron chi connectivity index (χ0n) is 15.6. The number of carbonyl (C=O) groups is 1. The van der Waals surface area contributed by atoms with Crippen LogP contribution in [0.2, 0.25) is 0 Å². The van der Waals surface area contributed by atoms with E-state index in [1.807, 2.05) is 55.5 Å². The van der Waals surface area contributed by atoms with Gasteiger partial charge in [0.05, 0.1) is 25.9 Å². The Morgan fingerprint density at radius 1 is 1.15 bits per heavy atom. The monoisotopic (exact) mass is 368 g/mol. The van der Waals surface area contributed by atoms with Gasteiger partial charge in [-0.3, -0.25) is 0 Å². The molecule has 1 aliphatic rings. The summed E-state index contributed by atoms with van der Waals surface area (Å²) >= 11 is 0. The van der Waals surface area contributed by atoms with Crippen molar-refractivity contribution < 1.29 is 23.7 Å². The maximum atomic E-state index is 12.0. The van der Waals surface area contributed by atoms with Gasteiger partial charge in [-0.25, -0.2) is 4.79 Å². The number of hydrogen-bond donors (Lipinski definition) is 0. The number of methoxy groups -OCH3 is 1. The number of hydrogen-bond acceptors (Lipinski definition) is 5. The van der Waals surface area contributed by atoms with Crippen LogP contribution in [0.4, 0.5) is 0 Å². The van der Waals surface area contributed by atoms with Crippen LogP contribution >= 0.6 is 0 Å². The van der Waals surface area contributed by atoms with Crippen molar-refractivity contribution in [3.05, 3.63) is 71.3 Å². The van der Waals surface area contributed by atoms with Crippen molar-refractivity contribution in [2.45, 2.75) is 26.2 Å². The molecule has 0 spiro atoms. The molecule has 142 valence electrons. The Morgan fingerprint density at radius 3 is 2.67 bits per heavy atom. The van der Waals surface area contributed by atoms with E-state index in [0.29, 0.717) is 25.4 Å². The summed E-state index contributed by atoms with van der Waals surface area (Å²) in [6, 6.07) is 15.4. The van der Waals surface area contributed by atoms with Crippen molar-refractivity contribution >= 4 is 11.5 Å². The number of benzene rings is 2. The SMILES string of the molecule is CC=C(C(=O)OC)c1ccccc1COc1cccc(C2OCCCO2)c1. The summed E-state index contributed by atoms with van der Waals surface area (Å²) in [5.41, 5.74) is 3.17. The highest BCUT2D eigenvalue weighted by molar-refractivity contribution is 6.16. The van der Waals surface area contributed by atoms with E-state index in [1.54, 1.807) is 6.08 Å². The van der Waals surface area contributed by atoms with Crippen LogP contribution in [0.3, 0.4) is 0 Å². The molecule has 0 amide bonds. The van der Waals surface area contributed by atoms with E-state index in [4.69, 9.17) is 18.9 Å². The fraction of sp³-hybridized carbons (Fsp3) is 0.318. The first-order valence-electron chi connectivity index (χ1n) is 9.02. The molecular weight excluding hydrogens is 344 g/mol.